The zero-order chi connectivity index (χ0) is 10.7. The van der Waals surface area contributed by atoms with Crippen molar-refractivity contribution in [3.05, 3.63) is 34.3 Å². The van der Waals surface area contributed by atoms with Gasteiger partial charge in [0.15, 0.2) is 0 Å². The average Bonchev–Trinajstić information content (AvgIpc) is 2.20. The maximum atomic E-state index is 6.12. The van der Waals surface area contributed by atoms with Gasteiger partial charge in [0, 0.05) is 11.1 Å². The Morgan fingerprint density at radius 3 is 2.57 bits per heavy atom. The molecule has 0 saturated carbocycles. The fourth-order valence-electron chi connectivity index (χ4n) is 1.46. The lowest BCUT2D eigenvalue weighted by Gasteiger charge is -2.19. The quantitative estimate of drug-likeness (QED) is 0.811. The molecule has 0 aliphatic heterocycles. The summed E-state index contributed by atoms with van der Waals surface area (Å²) in [6.45, 7) is 6.34. The second-order valence-corrected chi connectivity index (χ2v) is 4.33. The van der Waals surface area contributed by atoms with Crippen LogP contribution in [-0.2, 0) is 0 Å². The Bertz CT molecular complexity index is 309. The highest BCUT2D eigenvalue weighted by atomic mass is 35.5. The lowest BCUT2D eigenvalue weighted by atomic mass is 9.92. The molecule has 0 fully saturated rings. The van der Waals surface area contributed by atoms with E-state index in [1.54, 1.807) is 0 Å². The lowest BCUT2D eigenvalue weighted by Crippen LogP contribution is -2.18. The number of rotatable bonds is 3. The van der Waals surface area contributed by atoms with Gasteiger partial charge in [-0.25, -0.2) is 0 Å². The minimum absolute atomic E-state index is 0.121. The first-order valence-corrected chi connectivity index (χ1v) is 5.45. The molecule has 2 heteroatoms. The largest absolute Gasteiger partial charge is 0.324 e. The molecule has 0 spiro atoms. The van der Waals surface area contributed by atoms with Gasteiger partial charge in [-0.3, -0.25) is 0 Å². The van der Waals surface area contributed by atoms with Crippen molar-refractivity contribution in [1.29, 1.82) is 0 Å². The Balaban J connectivity index is 2.91. The molecule has 1 aromatic carbocycles. The third-order valence-corrected chi connectivity index (χ3v) is 3.25. The van der Waals surface area contributed by atoms with Crippen molar-refractivity contribution in [2.45, 2.75) is 33.2 Å². The van der Waals surface area contributed by atoms with Crippen LogP contribution in [0.2, 0.25) is 5.02 Å². The van der Waals surface area contributed by atoms with Crippen LogP contribution in [0.3, 0.4) is 0 Å². The van der Waals surface area contributed by atoms with E-state index in [0.29, 0.717) is 5.92 Å². The van der Waals surface area contributed by atoms with E-state index in [-0.39, 0.29) is 6.04 Å². The van der Waals surface area contributed by atoms with E-state index in [1.165, 1.54) is 5.56 Å². The van der Waals surface area contributed by atoms with Gasteiger partial charge >= 0.3 is 0 Å². The summed E-state index contributed by atoms with van der Waals surface area (Å²) in [5.74, 6) is 0.510. The molecule has 0 bridgehead atoms. The zero-order valence-corrected chi connectivity index (χ0v) is 9.81. The van der Waals surface area contributed by atoms with E-state index in [0.717, 1.165) is 17.0 Å². The van der Waals surface area contributed by atoms with Crippen molar-refractivity contribution in [3.63, 3.8) is 0 Å². The predicted molar refractivity (Wildman–Crippen MR) is 62.6 cm³/mol. The van der Waals surface area contributed by atoms with Crippen molar-refractivity contribution in [2.75, 3.05) is 0 Å². The molecule has 0 aliphatic carbocycles. The Morgan fingerprint density at radius 1 is 1.43 bits per heavy atom. The van der Waals surface area contributed by atoms with Gasteiger partial charge in [-0.05, 0) is 30.0 Å². The summed E-state index contributed by atoms with van der Waals surface area (Å²) in [4.78, 5) is 0. The number of aryl methyl sites for hydroxylation is 1. The van der Waals surface area contributed by atoms with E-state index in [4.69, 9.17) is 17.3 Å². The fourth-order valence-corrected chi connectivity index (χ4v) is 1.58. The first-order valence-electron chi connectivity index (χ1n) is 5.08. The molecule has 0 aromatic heterocycles. The first-order chi connectivity index (χ1) is 6.56. The van der Waals surface area contributed by atoms with Crippen LogP contribution >= 0.6 is 11.6 Å². The summed E-state index contributed by atoms with van der Waals surface area (Å²) in [7, 11) is 0. The van der Waals surface area contributed by atoms with E-state index < -0.39 is 0 Å². The van der Waals surface area contributed by atoms with Gasteiger partial charge in [-0.2, -0.15) is 0 Å². The highest BCUT2D eigenvalue weighted by molar-refractivity contribution is 6.31. The van der Waals surface area contributed by atoms with Gasteiger partial charge in [0.1, 0.15) is 0 Å². The highest BCUT2D eigenvalue weighted by Gasteiger charge is 2.13. The van der Waals surface area contributed by atoms with Gasteiger partial charge in [0.2, 0.25) is 0 Å². The van der Waals surface area contributed by atoms with Crippen LogP contribution in [0.4, 0.5) is 0 Å². The Kier molecular flexibility index (Phi) is 3.97. The van der Waals surface area contributed by atoms with Crippen LogP contribution in [0.15, 0.2) is 18.2 Å². The standard InChI is InChI=1S/C12H18ClN/c1-4-8(2)12(14)10-5-6-11(13)9(3)7-10/h5-8,12H,4,14H2,1-3H3/t8?,12-/m0/s1. The molecule has 1 nitrogen and oxygen atoms in total. The predicted octanol–water partition coefficient (Wildman–Crippen LogP) is 3.69. The molecular weight excluding hydrogens is 194 g/mol. The number of halogens is 1. The molecule has 0 heterocycles. The van der Waals surface area contributed by atoms with Crippen molar-refractivity contribution in [3.8, 4) is 0 Å². The van der Waals surface area contributed by atoms with Crippen molar-refractivity contribution in [1.82, 2.24) is 0 Å². The number of hydrogen-bond acceptors (Lipinski definition) is 1. The minimum atomic E-state index is 0.121. The fraction of sp³-hybridized carbons (Fsp3) is 0.500. The molecule has 14 heavy (non-hydrogen) atoms. The van der Waals surface area contributed by atoms with Crippen LogP contribution < -0.4 is 5.73 Å². The molecule has 0 saturated heterocycles. The monoisotopic (exact) mass is 211 g/mol. The van der Waals surface area contributed by atoms with Gasteiger partial charge in [-0.1, -0.05) is 44.0 Å². The molecule has 78 valence electrons. The van der Waals surface area contributed by atoms with E-state index in [9.17, 15) is 0 Å². The Hall–Kier alpha value is -0.530. The Morgan fingerprint density at radius 2 is 2.07 bits per heavy atom. The zero-order valence-electron chi connectivity index (χ0n) is 9.05. The molecular formula is C12H18ClN. The number of hydrogen-bond donors (Lipinski definition) is 1. The number of benzene rings is 1. The van der Waals surface area contributed by atoms with Crippen LogP contribution in [-0.4, -0.2) is 0 Å². The molecule has 0 amide bonds. The Labute approximate surface area is 91.3 Å². The minimum Gasteiger partial charge on any atom is -0.324 e. The third-order valence-electron chi connectivity index (χ3n) is 2.82. The maximum Gasteiger partial charge on any atom is 0.0435 e. The molecule has 1 rings (SSSR count). The van der Waals surface area contributed by atoms with Crippen molar-refractivity contribution in [2.24, 2.45) is 11.7 Å². The molecule has 2 atom stereocenters. The summed E-state index contributed by atoms with van der Waals surface area (Å²) < 4.78 is 0. The van der Waals surface area contributed by atoms with Gasteiger partial charge in [0.05, 0.1) is 0 Å². The maximum absolute atomic E-state index is 6.12. The second kappa shape index (κ2) is 4.81. The molecule has 0 aliphatic rings. The smallest absolute Gasteiger partial charge is 0.0435 e. The average molecular weight is 212 g/mol. The lowest BCUT2D eigenvalue weighted by molar-refractivity contribution is 0.456. The number of nitrogens with two attached hydrogens (primary N) is 1. The molecule has 2 N–H and O–H groups in total. The van der Waals surface area contributed by atoms with Crippen LogP contribution in [0.5, 0.6) is 0 Å². The van der Waals surface area contributed by atoms with Crippen LogP contribution in [0.1, 0.15) is 37.4 Å². The summed E-state index contributed by atoms with van der Waals surface area (Å²) >= 11 is 5.96. The van der Waals surface area contributed by atoms with Crippen LogP contribution in [0.25, 0.3) is 0 Å². The van der Waals surface area contributed by atoms with E-state index >= 15 is 0 Å². The second-order valence-electron chi connectivity index (χ2n) is 3.92. The third kappa shape index (κ3) is 2.49. The van der Waals surface area contributed by atoms with Crippen LogP contribution in [0, 0.1) is 12.8 Å². The topological polar surface area (TPSA) is 26.0 Å². The normalized spacial score (nSPS) is 15.2. The van der Waals surface area contributed by atoms with Gasteiger partial charge in [0.25, 0.3) is 0 Å². The summed E-state index contributed by atoms with van der Waals surface area (Å²) in [6, 6.07) is 6.15. The summed E-state index contributed by atoms with van der Waals surface area (Å²) in [5, 5.41) is 0.810. The summed E-state index contributed by atoms with van der Waals surface area (Å²) in [5.41, 5.74) is 8.41. The van der Waals surface area contributed by atoms with Crippen molar-refractivity contribution >= 4 is 11.6 Å². The molecule has 1 unspecified atom stereocenters. The first kappa shape index (κ1) is 11.5. The van der Waals surface area contributed by atoms with Gasteiger partial charge in [-0.15, -0.1) is 0 Å². The molecule has 0 radical (unpaired) electrons. The van der Waals surface area contributed by atoms with E-state index in [2.05, 4.69) is 19.9 Å². The SMILES string of the molecule is CCC(C)[C@H](N)c1ccc(Cl)c(C)c1. The highest BCUT2D eigenvalue weighted by Crippen LogP contribution is 2.25. The summed E-state index contributed by atoms with van der Waals surface area (Å²) in [6.07, 6.45) is 1.10. The molecule has 1 aromatic rings. The van der Waals surface area contributed by atoms with E-state index in [1.807, 2.05) is 19.1 Å². The van der Waals surface area contributed by atoms with Gasteiger partial charge < -0.3 is 5.73 Å². The van der Waals surface area contributed by atoms with Crippen molar-refractivity contribution < 1.29 is 0 Å².